The zero-order valence-corrected chi connectivity index (χ0v) is 17.2. The van der Waals surface area contributed by atoms with Gasteiger partial charge in [0, 0.05) is 27.4 Å². The van der Waals surface area contributed by atoms with Crippen LogP contribution in [0.4, 0.5) is 4.39 Å². The van der Waals surface area contributed by atoms with Crippen LogP contribution in [0.2, 0.25) is 0 Å². The van der Waals surface area contributed by atoms with Crippen molar-refractivity contribution in [1.29, 1.82) is 0 Å². The van der Waals surface area contributed by atoms with Crippen LogP contribution in [0.1, 0.15) is 35.3 Å². The Hall–Kier alpha value is -3.47. The van der Waals surface area contributed by atoms with Gasteiger partial charge in [0.25, 0.3) is 5.91 Å². The molecule has 4 nitrogen and oxygen atoms in total. The lowest BCUT2D eigenvalue weighted by Crippen LogP contribution is -2.45. The number of hydrogen-bond donors (Lipinski definition) is 2. The molecule has 0 spiro atoms. The van der Waals surface area contributed by atoms with E-state index in [1.165, 1.54) is 12.1 Å². The number of fused-ring (bicyclic) bond motifs is 2. The molecular formula is C25H23FN2O2. The van der Waals surface area contributed by atoms with E-state index in [-0.39, 0.29) is 17.2 Å². The summed E-state index contributed by atoms with van der Waals surface area (Å²) in [5.41, 5.74) is 3.21. The van der Waals surface area contributed by atoms with Crippen molar-refractivity contribution in [3.8, 4) is 0 Å². The molecule has 0 atom stereocenters. The Morgan fingerprint density at radius 2 is 1.70 bits per heavy atom. The van der Waals surface area contributed by atoms with Crippen molar-refractivity contribution < 1.29 is 9.18 Å². The number of aromatic nitrogens is 1. The number of nitrogens with one attached hydrogen (secondary N) is 2. The molecule has 30 heavy (non-hydrogen) atoms. The van der Waals surface area contributed by atoms with E-state index in [9.17, 15) is 14.0 Å². The first-order chi connectivity index (χ1) is 14.2. The maximum absolute atomic E-state index is 13.1. The predicted octanol–water partition coefficient (Wildman–Crippen LogP) is 4.88. The molecule has 1 amide bonds. The molecule has 1 aromatic heterocycles. The van der Waals surface area contributed by atoms with Crippen LogP contribution >= 0.6 is 0 Å². The molecule has 0 bridgehead atoms. The van der Waals surface area contributed by atoms with Gasteiger partial charge in [-0.25, -0.2) is 4.39 Å². The minimum atomic E-state index is -0.530. The first-order valence-corrected chi connectivity index (χ1v) is 9.85. The molecule has 0 aliphatic heterocycles. The fourth-order valence-electron chi connectivity index (χ4n) is 3.77. The quantitative estimate of drug-likeness (QED) is 0.478. The summed E-state index contributed by atoms with van der Waals surface area (Å²) >= 11 is 0. The minimum absolute atomic E-state index is 0.0500. The summed E-state index contributed by atoms with van der Waals surface area (Å²) in [5, 5.41) is 4.23. The van der Waals surface area contributed by atoms with Crippen LogP contribution in [0.3, 0.4) is 0 Å². The van der Waals surface area contributed by atoms with E-state index in [2.05, 4.69) is 10.3 Å². The largest absolute Gasteiger partial charge is 0.354 e. The molecule has 3 aromatic carbocycles. The van der Waals surface area contributed by atoms with Gasteiger partial charge in [-0.2, -0.15) is 0 Å². The number of aryl methyl sites for hydroxylation is 1. The van der Waals surface area contributed by atoms with Crippen LogP contribution in [0.5, 0.6) is 0 Å². The molecule has 0 radical (unpaired) electrons. The van der Waals surface area contributed by atoms with E-state index in [4.69, 9.17) is 0 Å². The van der Waals surface area contributed by atoms with Gasteiger partial charge in [0.15, 0.2) is 5.43 Å². The first kappa shape index (κ1) is 19.8. The highest BCUT2D eigenvalue weighted by Gasteiger charge is 2.22. The number of hydrogen-bond acceptors (Lipinski definition) is 2. The van der Waals surface area contributed by atoms with E-state index in [1.807, 2.05) is 39.0 Å². The van der Waals surface area contributed by atoms with Gasteiger partial charge in [0.2, 0.25) is 0 Å². The van der Waals surface area contributed by atoms with Gasteiger partial charge in [-0.3, -0.25) is 9.59 Å². The van der Waals surface area contributed by atoms with Crippen molar-refractivity contribution in [3.05, 3.63) is 93.4 Å². The fraction of sp³-hybridized carbons (Fsp3) is 0.200. The number of rotatable bonds is 4. The van der Waals surface area contributed by atoms with Crippen molar-refractivity contribution in [2.45, 2.75) is 32.7 Å². The molecule has 0 saturated carbocycles. The lowest BCUT2D eigenvalue weighted by Gasteiger charge is -2.26. The number of carbonyl (C=O) groups is 1. The van der Waals surface area contributed by atoms with E-state index in [0.29, 0.717) is 28.3 Å². The summed E-state index contributed by atoms with van der Waals surface area (Å²) in [5.74, 6) is -0.512. The van der Waals surface area contributed by atoms with Crippen molar-refractivity contribution in [2.75, 3.05) is 0 Å². The average molecular weight is 402 g/mol. The summed E-state index contributed by atoms with van der Waals surface area (Å²) in [7, 11) is 0. The van der Waals surface area contributed by atoms with E-state index in [0.717, 1.165) is 16.6 Å². The highest BCUT2D eigenvalue weighted by atomic mass is 19.1. The van der Waals surface area contributed by atoms with Crippen LogP contribution in [0.25, 0.3) is 21.8 Å². The Morgan fingerprint density at radius 1 is 0.967 bits per heavy atom. The van der Waals surface area contributed by atoms with Gasteiger partial charge in [-0.05, 0) is 75.2 Å². The molecule has 152 valence electrons. The molecule has 1 heterocycles. The highest BCUT2D eigenvalue weighted by Crippen LogP contribution is 2.19. The van der Waals surface area contributed by atoms with Gasteiger partial charge < -0.3 is 10.3 Å². The lowest BCUT2D eigenvalue weighted by molar-refractivity contribution is 0.0913. The van der Waals surface area contributed by atoms with Crippen LogP contribution < -0.4 is 10.7 Å². The van der Waals surface area contributed by atoms with Gasteiger partial charge in [0.05, 0.1) is 5.52 Å². The molecule has 0 aliphatic carbocycles. The van der Waals surface area contributed by atoms with Gasteiger partial charge >= 0.3 is 0 Å². The minimum Gasteiger partial charge on any atom is -0.354 e. The molecule has 0 fully saturated rings. The maximum Gasteiger partial charge on any atom is 0.251 e. The number of aromatic amines is 1. The number of pyridine rings is 1. The first-order valence-electron chi connectivity index (χ1n) is 9.85. The Bertz CT molecular complexity index is 1320. The predicted molar refractivity (Wildman–Crippen MR) is 118 cm³/mol. The van der Waals surface area contributed by atoms with Crippen molar-refractivity contribution >= 4 is 27.7 Å². The third-order valence-electron chi connectivity index (χ3n) is 5.23. The highest BCUT2D eigenvalue weighted by molar-refractivity contribution is 6.00. The second-order valence-corrected chi connectivity index (χ2v) is 8.40. The van der Waals surface area contributed by atoms with Crippen LogP contribution in [0.15, 0.2) is 65.5 Å². The number of H-pyrrole nitrogens is 1. The summed E-state index contributed by atoms with van der Waals surface area (Å²) in [4.78, 5) is 29.0. The normalized spacial score (nSPS) is 11.7. The van der Waals surface area contributed by atoms with Gasteiger partial charge in [0.1, 0.15) is 5.82 Å². The molecule has 5 heteroatoms. The van der Waals surface area contributed by atoms with Crippen molar-refractivity contribution in [1.82, 2.24) is 10.3 Å². The van der Waals surface area contributed by atoms with Crippen LogP contribution in [-0.4, -0.2) is 16.4 Å². The third kappa shape index (κ3) is 3.96. The fourth-order valence-corrected chi connectivity index (χ4v) is 3.77. The number of amides is 1. The molecule has 4 rings (SSSR count). The van der Waals surface area contributed by atoms with Crippen molar-refractivity contribution in [2.24, 2.45) is 0 Å². The molecule has 0 aliphatic rings. The number of halogens is 1. The smallest absolute Gasteiger partial charge is 0.251 e. The SMILES string of the molecule is Cc1ccc2[nH]c3cc(C(=O)NC(C)(C)Cc4ccc(F)cc4)ccc3c(=O)c2c1. The number of carbonyl (C=O) groups excluding carboxylic acids is 1. The second-order valence-electron chi connectivity index (χ2n) is 8.40. The summed E-state index contributed by atoms with van der Waals surface area (Å²) in [6.07, 6.45) is 0.563. The topological polar surface area (TPSA) is 62.0 Å². The van der Waals surface area contributed by atoms with Crippen LogP contribution in [-0.2, 0) is 6.42 Å². The molecule has 0 unspecified atom stereocenters. The van der Waals surface area contributed by atoms with Gasteiger partial charge in [-0.15, -0.1) is 0 Å². The van der Waals surface area contributed by atoms with Crippen molar-refractivity contribution in [3.63, 3.8) is 0 Å². The zero-order valence-electron chi connectivity index (χ0n) is 17.2. The Labute approximate surface area is 173 Å². The van der Waals surface area contributed by atoms with E-state index >= 15 is 0 Å². The lowest BCUT2D eigenvalue weighted by atomic mass is 9.94. The average Bonchev–Trinajstić information content (AvgIpc) is 2.69. The summed E-state index contributed by atoms with van der Waals surface area (Å²) in [6.45, 7) is 5.80. The maximum atomic E-state index is 13.1. The Morgan fingerprint density at radius 3 is 2.43 bits per heavy atom. The number of benzene rings is 3. The summed E-state index contributed by atoms with van der Waals surface area (Å²) in [6, 6.07) is 17.0. The molecule has 2 N–H and O–H groups in total. The zero-order chi connectivity index (χ0) is 21.5. The molecule has 4 aromatic rings. The second kappa shape index (κ2) is 7.41. The third-order valence-corrected chi connectivity index (χ3v) is 5.23. The Balaban J connectivity index is 1.62. The Kier molecular flexibility index (Phi) is 4.90. The summed E-state index contributed by atoms with van der Waals surface area (Å²) < 4.78 is 13.1. The molecule has 0 saturated heterocycles. The van der Waals surface area contributed by atoms with E-state index in [1.54, 1.807) is 30.3 Å². The monoisotopic (exact) mass is 402 g/mol. The van der Waals surface area contributed by atoms with Crippen LogP contribution in [0, 0.1) is 12.7 Å². The van der Waals surface area contributed by atoms with E-state index < -0.39 is 5.54 Å². The standard InChI is InChI=1S/C25H23FN2O2/c1-15-4-11-21-20(12-15)23(29)19-10-7-17(13-22(19)27-21)24(30)28-25(2,3)14-16-5-8-18(26)9-6-16/h4-13H,14H2,1-3H3,(H,27,29)(H,28,30). The molecular weight excluding hydrogens is 379 g/mol. The van der Waals surface area contributed by atoms with Gasteiger partial charge in [-0.1, -0.05) is 23.8 Å².